The fraction of sp³-hybridized carbons (Fsp3) is 0.438. The topological polar surface area (TPSA) is 51.1 Å². The van der Waals surface area contributed by atoms with Crippen LogP contribution in [-0.2, 0) is 18.3 Å². The van der Waals surface area contributed by atoms with Gasteiger partial charge in [-0.05, 0) is 18.1 Å². The first kappa shape index (κ1) is 14.1. The summed E-state index contributed by atoms with van der Waals surface area (Å²) in [6, 6.07) is 8.70. The molecule has 0 saturated carbocycles. The van der Waals surface area contributed by atoms with E-state index in [0.29, 0.717) is 6.04 Å². The number of para-hydroxylation sites is 1. The maximum absolute atomic E-state index is 5.88. The van der Waals surface area contributed by atoms with Gasteiger partial charge in [-0.25, -0.2) is 0 Å². The second-order valence-electron chi connectivity index (χ2n) is 5.42. The van der Waals surface area contributed by atoms with E-state index in [0.717, 1.165) is 25.1 Å². The van der Waals surface area contributed by atoms with Crippen molar-refractivity contribution in [2.75, 3.05) is 19.0 Å². The Bertz CT molecular complexity index is 595. The maximum atomic E-state index is 5.88. The number of hydrogen-bond donors (Lipinski definition) is 2. The van der Waals surface area contributed by atoms with Gasteiger partial charge in [-0.2, -0.15) is 5.10 Å². The third-order valence-corrected chi connectivity index (χ3v) is 3.99. The van der Waals surface area contributed by atoms with E-state index in [2.05, 4.69) is 33.9 Å². The van der Waals surface area contributed by atoms with Crippen molar-refractivity contribution >= 4 is 5.69 Å². The van der Waals surface area contributed by atoms with Crippen molar-refractivity contribution in [3.63, 3.8) is 0 Å². The highest BCUT2D eigenvalue weighted by Gasteiger charge is 2.30. The average Bonchev–Trinajstić information content (AvgIpc) is 3.13. The first-order chi connectivity index (χ1) is 10.3. The molecule has 1 aromatic carbocycles. The van der Waals surface area contributed by atoms with Gasteiger partial charge in [-0.1, -0.05) is 18.2 Å². The fourth-order valence-electron chi connectivity index (χ4n) is 2.87. The normalized spacial score (nSPS) is 21.6. The summed E-state index contributed by atoms with van der Waals surface area (Å²) >= 11 is 0. The van der Waals surface area contributed by atoms with Gasteiger partial charge in [0.15, 0.2) is 0 Å². The van der Waals surface area contributed by atoms with E-state index in [-0.39, 0.29) is 6.10 Å². The smallest absolute Gasteiger partial charge is 0.101 e. The lowest BCUT2D eigenvalue weighted by Crippen LogP contribution is -2.31. The zero-order chi connectivity index (χ0) is 14.7. The first-order valence-corrected chi connectivity index (χ1v) is 7.37. The summed E-state index contributed by atoms with van der Waals surface area (Å²) in [5.74, 6) is 0. The molecule has 3 rings (SSSR count). The molecule has 0 unspecified atom stereocenters. The lowest BCUT2D eigenvalue weighted by Gasteiger charge is -2.19. The summed E-state index contributed by atoms with van der Waals surface area (Å²) in [5.41, 5.74) is 3.59. The minimum absolute atomic E-state index is 0.0976. The number of aryl methyl sites for hydroxylation is 1. The summed E-state index contributed by atoms with van der Waals surface area (Å²) in [7, 11) is 3.89. The third-order valence-electron chi connectivity index (χ3n) is 3.99. The second-order valence-corrected chi connectivity index (χ2v) is 5.42. The van der Waals surface area contributed by atoms with E-state index in [4.69, 9.17) is 4.74 Å². The molecule has 5 nitrogen and oxygen atoms in total. The molecule has 112 valence electrons. The van der Waals surface area contributed by atoms with Gasteiger partial charge >= 0.3 is 0 Å². The van der Waals surface area contributed by atoms with Gasteiger partial charge in [0.2, 0.25) is 0 Å². The number of rotatable bonds is 5. The average molecular weight is 286 g/mol. The molecule has 1 aliphatic heterocycles. The van der Waals surface area contributed by atoms with Crippen LogP contribution in [0, 0.1) is 0 Å². The van der Waals surface area contributed by atoms with Gasteiger partial charge in [-0.3, -0.25) is 4.68 Å². The molecule has 2 N–H and O–H groups in total. The van der Waals surface area contributed by atoms with E-state index in [1.165, 1.54) is 11.3 Å². The van der Waals surface area contributed by atoms with Crippen molar-refractivity contribution in [3.8, 4) is 0 Å². The molecule has 21 heavy (non-hydrogen) atoms. The predicted octanol–water partition coefficient (Wildman–Crippen LogP) is 2.08. The Morgan fingerprint density at radius 3 is 3.00 bits per heavy atom. The van der Waals surface area contributed by atoms with Crippen LogP contribution in [0.2, 0.25) is 0 Å². The summed E-state index contributed by atoms with van der Waals surface area (Å²) < 4.78 is 7.70. The number of anilines is 1. The van der Waals surface area contributed by atoms with Crippen molar-refractivity contribution in [1.82, 2.24) is 15.1 Å². The Morgan fingerprint density at radius 1 is 1.38 bits per heavy atom. The van der Waals surface area contributed by atoms with Crippen molar-refractivity contribution in [2.45, 2.75) is 25.1 Å². The van der Waals surface area contributed by atoms with Crippen molar-refractivity contribution in [2.24, 2.45) is 7.05 Å². The van der Waals surface area contributed by atoms with Gasteiger partial charge in [-0.15, -0.1) is 0 Å². The van der Waals surface area contributed by atoms with Gasteiger partial charge in [0.1, 0.15) is 6.10 Å². The maximum Gasteiger partial charge on any atom is 0.101 e. The monoisotopic (exact) mass is 286 g/mol. The summed E-state index contributed by atoms with van der Waals surface area (Å²) in [5, 5.41) is 11.1. The number of aromatic nitrogens is 2. The van der Waals surface area contributed by atoms with Crippen LogP contribution in [0.25, 0.3) is 0 Å². The highest BCUT2D eigenvalue weighted by molar-refractivity contribution is 5.50. The summed E-state index contributed by atoms with van der Waals surface area (Å²) in [6.07, 6.45) is 5.06. The van der Waals surface area contributed by atoms with Gasteiger partial charge in [0, 0.05) is 50.7 Å². The van der Waals surface area contributed by atoms with Crippen LogP contribution in [0.3, 0.4) is 0 Å². The van der Waals surface area contributed by atoms with Gasteiger partial charge in [0.05, 0.1) is 6.20 Å². The van der Waals surface area contributed by atoms with Crippen LogP contribution in [0.4, 0.5) is 5.69 Å². The van der Waals surface area contributed by atoms with Crippen LogP contribution >= 0.6 is 0 Å². The third kappa shape index (κ3) is 3.09. The van der Waals surface area contributed by atoms with Crippen molar-refractivity contribution in [3.05, 3.63) is 47.8 Å². The van der Waals surface area contributed by atoms with E-state index in [1.807, 2.05) is 37.2 Å². The van der Waals surface area contributed by atoms with Crippen molar-refractivity contribution < 1.29 is 4.74 Å². The Kier molecular flexibility index (Phi) is 4.22. The van der Waals surface area contributed by atoms with Crippen LogP contribution < -0.4 is 10.6 Å². The lowest BCUT2D eigenvalue weighted by molar-refractivity contribution is 0.0984. The summed E-state index contributed by atoms with van der Waals surface area (Å²) in [4.78, 5) is 0. The molecule has 1 aromatic heterocycles. The fourth-order valence-corrected chi connectivity index (χ4v) is 2.87. The first-order valence-electron chi connectivity index (χ1n) is 7.37. The SMILES string of the molecule is CNc1ccccc1CN[C@@H]1CCO[C@H]1c1cnn(C)c1. The van der Waals surface area contributed by atoms with Gasteiger partial charge < -0.3 is 15.4 Å². The molecule has 0 bridgehead atoms. The van der Waals surface area contributed by atoms with Crippen molar-refractivity contribution in [1.29, 1.82) is 0 Å². The zero-order valence-electron chi connectivity index (χ0n) is 12.5. The van der Waals surface area contributed by atoms with E-state index in [1.54, 1.807) is 0 Å². The molecule has 0 amide bonds. The van der Waals surface area contributed by atoms with E-state index in [9.17, 15) is 0 Å². The number of hydrogen-bond acceptors (Lipinski definition) is 4. The quantitative estimate of drug-likeness (QED) is 0.883. The molecule has 5 heteroatoms. The van der Waals surface area contributed by atoms with E-state index >= 15 is 0 Å². The Balaban J connectivity index is 1.67. The number of ether oxygens (including phenoxy) is 1. The standard InChI is InChI=1S/C16H22N4O/c1-17-14-6-4-3-5-12(14)9-18-15-7-8-21-16(15)13-10-19-20(2)11-13/h3-6,10-11,15-18H,7-9H2,1-2H3/t15-,16+/m1/s1. The minimum Gasteiger partial charge on any atom is -0.388 e. The molecular formula is C16H22N4O. The molecule has 1 fully saturated rings. The molecule has 0 aliphatic carbocycles. The molecule has 2 aromatic rings. The highest BCUT2D eigenvalue weighted by atomic mass is 16.5. The van der Waals surface area contributed by atoms with Crippen LogP contribution in [0.15, 0.2) is 36.7 Å². The molecule has 2 atom stereocenters. The van der Waals surface area contributed by atoms with Crippen LogP contribution in [0.1, 0.15) is 23.7 Å². The summed E-state index contributed by atoms with van der Waals surface area (Å²) in [6.45, 7) is 1.63. The molecular weight excluding hydrogens is 264 g/mol. The van der Waals surface area contributed by atoms with Gasteiger partial charge in [0.25, 0.3) is 0 Å². The van der Waals surface area contributed by atoms with Crippen LogP contribution in [-0.4, -0.2) is 29.5 Å². The molecule has 1 saturated heterocycles. The van der Waals surface area contributed by atoms with Crippen LogP contribution in [0.5, 0.6) is 0 Å². The molecule has 0 spiro atoms. The number of nitrogens with one attached hydrogen (secondary N) is 2. The molecule has 1 aliphatic rings. The number of nitrogens with zero attached hydrogens (tertiary/aromatic N) is 2. The lowest BCUT2D eigenvalue weighted by atomic mass is 10.0. The minimum atomic E-state index is 0.0976. The largest absolute Gasteiger partial charge is 0.388 e. The molecule has 2 heterocycles. The van der Waals surface area contributed by atoms with E-state index < -0.39 is 0 Å². The zero-order valence-corrected chi connectivity index (χ0v) is 12.5. The highest BCUT2D eigenvalue weighted by Crippen LogP contribution is 2.29. The predicted molar refractivity (Wildman–Crippen MR) is 83.1 cm³/mol. The Hall–Kier alpha value is -1.85. The Morgan fingerprint density at radius 2 is 2.24 bits per heavy atom. The molecule has 0 radical (unpaired) electrons. The Labute approximate surface area is 125 Å². The second kappa shape index (κ2) is 6.28. The number of benzene rings is 1.